The van der Waals surface area contributed by atoms with Crippen molar-refractivity contribution in [1.29, 1.82) is 0 Å². The van der Waals surface area contributed by atoms with Gasteiger partial charge in [0, 0.05) is 29.7 Å². The fraction of sp³-hybridized carbons (Fsp3) is 0.417. The number of carbonyl (C=O) groups is 2. The molecule has 0 aliphatic carbocycles. The van der Waals surface area contributed by atoms with Gasteiger partial charge in [0.25, 0.3) is 5.56 Å². The Labute approximate surface area is 118 Å². The third-order valence-electron chi connectivity index (χ3n) is 2.46. The summed E-state index contributed by atoms with van der Waals surface area (Å²) in [6.45, 7) is 1.78. The maximum Gasteiger partial charge on any atom is 0.328 e. The van der Waals surface area contributed by atoms with E-state index in [1.165, 1.54) is 24.7 Å². The first kappa shape index (κ1) is 15.4. The average Bonchev–Trinajstić information content (AvgIpc) is 2.38. The van der Waals surface area contributed by atoms with Gasteiger partial charge in [-0.2, -0.15) is 0 Å². The van der Waals surface area contributed by atoms with Crippen molar-refractivity contribution in [2.24, 2.45) is 0 Å². The first-order valence-electron chi connectivity index (χ1n) is 5.67. The van der Waals surface area contributed by atoms with Gasteiger partial charge in [0.2, 0.25) is 5.91 Å². The number of hydrogen-bond acceptors (Lipinski definition) is 4. The van der Waals surface area contributed by atoms with E-state index < -0.39 is 12.0 Å². The average molecular weight is 331 g/mol. The lowest BCUT2D eigenvalue weighted by Crippen LogP contribution is -2.39. The van der Waals surface area contributed by atoms with Crippen LogP contribution >= 0.6 is 15.9 Å². The molecule has 1 aromatic heterocycles. The second kappa shape index (κ2) is 7.08. The van der Waals surface area contributed by atoms with Gasteiger partial charge in [-0.1, -0.05) is 0 Å². The first-order chi connectivity index (χ1) is 8.93. The molecule has 1 atom stereocenters. The normalized spacial score (nSPS) is 11.7. The van der Waals surface area contributed by atoms with E-state index >= 15 is 0 Å². The molecular formula is C12H15BrN2O4. The van der Waals surface area contributed by atoms with Crippen LogP contribution in [0.1, 0.15) is 13.3 Å². The predicted molar refractivity (Wildman–Crippen MR) is 72.6 cm³/mol. The Balaban J connectivity index is 2.53. The van der Waals surface area contributed by atoms with E-state index in [4.69, 9.17) is 0 Å². The summed E-state index contributed by atoms with van der Waals surface area (Å²) in [6.07, 6.45) is 1.72. The molecule has 0 aliphatic rings. The zero-order valence-corrected chi connectivity index (χ0v) is 12.3. The van der Waals surface area contributed by atoms with E-state index in [0.717, 1.165) is 4.47 Å². The van der Waals surface area contributed by atoms with Gasteiger partial charge in [-0.25, -0.2) is 4.79 Å². The quantitative estimate of drug-likeness (QED) is 0.805. The lowest BCUT2D eigenvalue weighted by Gasteiger charge is -2.12. The number of rotatable bonds is 5. The summed E-state index contributed by atoms with van der Waals surface area (Å²) in [4.78, 5) is 34.2. The Kier molecular flexibility index (Phi) is 5.75. The first-order valence-corrected chi connectivity index (χ1v) is 6.46. The summed E-state index contributed by atoms with van der Waals surface area (Å²) in [5, 5.41) is 2.49. The van der Waals surface area contributed by atoms with Crippen molar-refractivity contribution in [3.63, 3.8) is 0 Å². The highest BCUT2D eigenvalue weighted by atomic mass is 79.9. The molecule has 1 N–H and O–H groups in total. The summed E-state index contributed by atoms with van der Waals surface area (Å²) < 4.78 is 6.68. The molecule has 1 rings (SSSR count). The minimum Gasteiger partial charge on any atom is -0.467 e. The number of hydrogen-bond donors (Lipinski definition) is 1. The van der Waals surface area contributed by atoms with Crippen LogP contribution in [0.5, 0.6) is 0 Å². The third kappa shape index (κ3) is 4.86. The smallest absolute Gasteiger partial charge is 0.328 e. The molecule has 0 aromatic carbocycles. The predicted octanol–water partition coefficient (Wildman–Crippen LogP) is 0.679. The minimum atomic E-state index is -0.697. The van der Waals surface area contributed by atoms with Crippen LogP contribution in [0.2, 0.25) is 0 Å². The number of aromatic nitrogens is 1. The van der Waals surface area contributed by atoms with Gasteiger partial charge in [0.1, 0.15) is 6.04 Å². The Hall–Kier alpha value is -1.63. The fourth-order valence-electron chi connectivity index (χ4n) is 1.45. The van der Waals surface area contributed by atoms with Crippen LogP contribution in [0.3, 0.4) is 0 Å². The molecule has 104 valence electrons. The SMILES string of the molecule is COC(=O)[C@@H](C)NC(=O)CCn1cc(Br)ccc1=O. The second-order valence-corrected chi connectivity index (χ2v) is 4.86. The molecule has 7 heteroatoms. The van der Waals surface area contributed by atoms with E-state index in [9.17, 15) is 14.4 Å². The number of carbonyl (C=O) groups excluding carboxylic acids is 2. The van der Waals surface area contributed by atoms with Crippen molar-refractivity contribution < 1.29 is 14.3 Å². The van der Waals surface area contributed by atoms with Crippen LogP contribution in [-0.2, 0) is 20.9 Å². The Morgan fingerprint density at radius 3 is 2.79 bits per heavy atom. The van der Waals surface area contributed by atoms with Crippen molar-refractivity contribution in [1.82, 2.24) is 9.88 Å². The topological polar surface area (TPSA) is 77.4 Å². The Morgan fingerprint density at radius 2 is 2.16 bits per heavy atom. The van der Waals surface area contributed by atoms with Crippen LogP contribution in [0.4, 0.5) is 0 Å². The maximum atomic E-state index is 11.6. The van der Waals surface area contributed by atoms with Crippen molar-refractivity contribution in [2.45, 2.75) is 25.9 Å². The van der Waals surface area contributed by atoms with Crippen LogP contribution in [-0.4, -0.2) is 29.6 Å². The van der Waals surface area contributed by atoms with Crippen molar-refractivity contribution in [3.05, 3.63) is 33.2 Å². The number of amides is 1. The summed E-state index contributed by atoms with van der Waals surface area (Å²) >= 11 is 3.25. The molecule has 6 nitrogen and oxygen atoms in total. The lowest BCUT2D eigenvalue weighted by molar-refractivity contribution is -0.144. The Morgan fingerprint density at radius 1 is 1.47 bits per heavy atom. The highest BCUT2D eigenvalue weighted by Gasteiger charge is 2.15. The van der Waals surface area contributed by atoms with Gasteiger partial charge >= 0.3 is 5.97 Å². The van der Waals surface area contributed by atoms with Gasteiger partial charge in [-0.15, -0.1) is 0 Å². The monoisotopic (exact) mass is 330 g/mol. The molecule has 0 saturated carbocycles. The number of pyridine rings is 1. The van der Waals surface area contributed by atoms with E-state index in [2.05, 4.69) is 26.0 Å². The number of methoxy groups -OCH3 is 1. The van der Waals surface area contributed by atoms with E-state index in [0.29, 0.717) is 0 Å². The summed E-state index contributed by atoms with van der Waals surface area (Å²) in [5.41, 5.74) is -0.183. The second-order valence-electron chi connectivity index (χ2n) is 3.94. The van der Waals surface area contributed by atoms with Crippen molar-refractivity contribution >= 4 is 27.8 Å². The molecular weight excluding hydrogens is 316 g/mol. The number of nitrogens with zero attached hydrogens (tertiary/aromatic N) is 1. The molecule has 1 amide bonds. The number of esters is 1. The molecule has 0 fully saturated rings. The van der Waals surface area contributed by atoms with E-state index in [1.54, 1.807) is 12.3 Å². The zero-order chi connectivity index (χ0) is 14.4. The van der Waals surface area contributed by atoms with Crippen molar-refractivity contribution in [2.75, 3.05) is 7.11 Å². The van der Waals surface area contributed by atoms with Gasteiger partial charge in [0.05, 0.1) is 7.11 Å². The third-order valence-corrected chi connectivity index (χ3v) is 2.93. The summed E-state index contributed by atoms with van der Waals surface area (Å²) in [5.74, 6) is -0.822. The Bertz CT molecular complexity index is 527. The molecule has 0 spiro atoms. The fourth-order valence-corrected chi connectivity index (χ4v) is 1.83. The van der Waals surface area contributed by atoms with Crippen LogP contribution < -0.4 is 10.9 Å². The maximum absolute atomic E-state index is 11.6. The number of aryl methyl sites for hydroxylation is 1. The van der Waals surface area contributed by atoms with Gasteiger partial charge in [-0.05, 0) is 28.9 Å². The minimum absolute atomic E-state index is 0.109. The number of ether oxygens (including phenoxy) is 1. The lowest BCUT2D eigenvalue weighted by atomic mass is 10.3. The van der Waals surface area contributed by atoms with E-state index in [-0.39, 0.29) is 24.4 Å². The van der Waals surface area contributed by atoms with Crippen LogP contribution in [0, 0.1) is 0 Å². The zero-order valence-electron chi connectivity index (χ0n) is 10.7. The standard InChI is InChI=1S/C12H15BrN2O4/c1-8(12(18)19-2)14-10(16)5-6-15-7-9(13)3-4-11(15)17/h3-4,7-8H,5-6H2,1-2H3,(H,14,16)/t8-/m1/s1. The molecule has 0 bridgehead atoms. The van der Waals surface area contributed by atoms with Crippen LogP contribution in [0.25, 0.3) is 0 Å². The molecule has 0 aliphatic heterocycles. The number of halogens is 1. The molecule has 19 heavy (non-hydrogen) atoms. The summed E-state index contributed by atoms with van der Waals surface area (Å²) in [6, 6.07) is 2.36. The van der Waals surface area contributed by atoms with Gasteiger partial charge in [-0.3, -0.25) is 9.59 Å². The molecule has 0 radical (unpaired) electrons. The molecule has 1 aromatic rings. The van der Waals surface area contributed by atoms with Gasteiger partial charge in [0.15, 0.2) is 0 Å². The molecule has 0 saturated heterocycles. The molecule has 1 heterocycles. The van der Waals surface area contributed by atoms with E-state index in [1.807, 2.05) is 0 Å². The van der Waals surface area contributed by atoms with Gasteiger partial charge < -0.3 is 14.6 Å². The van der Waals surface area contributed by atoms with Crippen LogP contribution in [0.15, 0.2) is 27.6 Å². The van der Waals surface area contributed by atoms with Crippen molar-refractivity contribution in [3.8, 4) is 0 Å². The number of nitrogens with one attached hydrogen (secondary N) is 1. The highest BCUT2D eigenvalue weighted by molar-refractivity contribution is 9.10. The molecule has 0 unspecified atom stereocenters. The largest absolute Gasteiger partial charge is 0.467 e. The summed E-state index contributed by atoms with van der Waals surface area (Å²) in [7, 11) is 1.26. The highest BCUT2D eigenvalue weighted by Crippen LogP contribution is 2.05.